The number of hydrogen-bond acceptors (Lipinski definition) is 8. The number of benzene rings is 1. The van der Waals surface area contributed by atoms with E-state index in [1.165, 1.54) is 22.1 Å². The molecule has 0 spiro atoms. The fourth-order valence-corrected chi connectivity index (χ4v) is 3.40. The highest BCUT2D eigenvalue weighted by molar-refractivity contribution is 6.03. The Morgan fingerprint density at radius 1 is 1.20 bits per heavy atom. The highest BCUT2D eigenvalue weighted by Crippen LogP contribution is 2.27. The second-order valence-corrected chi connectivity index (χ2v) is 7.14. The highest BCUT2D eigenvalue weighted by Gasteiger charge is 2.46. The standard InChI is InChI=1S/C20H18N6O4/c21-12-20(30)7-10-26(18(20)29)16-5-8-22-19(24-16)23-14-3-1-13(2-4-14)17(28)25-9-6-15(27)11-25/h1-5,8,30H,6-7,9-11H2,(H,22,23,24)/t20-/m0/s1. The summed E-state index contributed by atoms with van der Waals surface area (Å²) in [7, 11) is 0. The van der Waals surface area contributed by atoms with Crippen LogP contribution in [0.1, 0.15) is 23.2 Å². The molecule has 2 amide bonds. The van der Waals surface area contributed by atoms with Gasteiger partial charge in [0.2, 0.25) is 11.5 Å². The number of ketones is 1. The van der Waals surface area contributed by atoms with Gasteiger partial charge in [-0.3, -0.25) is 19.3 Å². The number of aliphatic hydroxyl groups is 1. The third kappa shape index (κ3) is 3.58. The molecule has 0 aliphatic carbocycles. The summed E-state index contributed by atoms with van der Waals surface area (Å²) in [6.45, 7) is 0.763. The minimum Gasteiger partial charge on any atom is -0.368 e. The van der Waals surface area contributed by atoms with Crippen LogP contribution in [0, 0.1) is 11.3 Å². The number of nitrogens with one attached hydrogen (secondary N) is 1. The Hall–Kier alpha value is -3.84. The van der Waals surface area contributed by atoms with E-state index in [-0.39, 0.29) is 43.0 Å². The lowest BCUT2D eigenvalue weighted by Crippen LogP contribution is -2.39. The molecule has 1 atom stereocenters. The largest absolute Gasteiger partial charge is 0.368 e. The Morgan fingerprint density at radius 3 is 2.60 bits per heavy atom. The van der Waals surface area contributed by atoms with Crippen LogP contribution in [0.2, 0.25) is 0 Å². The highest BCUT2D eigenvalue weighted by atomic mass is 16.3. The first-order valence-corrected chi connectivity index (χ1v) is 9.36. The average Bonchev–Trinajstić information content (AvgIpc) is 3.32. The lowest BCUT2D eigenvalue weighted by atomic mass is 10.1. The van der Waals surface area contributed by atoms with Gasteiger partial charge in [0.15, 0.2) is 5.78 Å². The number of carbonyl (C=O) groups is 3. The fraction of sp³-hybridized carbons (Fsp3) is 0.300. The maximum atomic E-state index is 12.4. The van der Waals surface area contributed by atoms with Crippen molar-refractivity contribution in [2.24, 2.45) is 0 Å². The molecule has 0 bridgehead atoms. The molecule has 3 heterocycles. The monoisotopic (exact) mass is 406 g/mol. The zero-order valence-corrected chi connectivity index (χ0v) is 15.9. The Balaban J connectivity index is 1.46. The lowest BCUT2D eigenvalue weighted by Gasteiger charge is -2.17. The molecular formula is C20H18N6O4. The molecule has 152 valence electrons. The summed E-state index contributed by atoms with van der Waals surface area (Å²) in [5, 5.41) is 22.0. The number of aromatic nitrogens is 2. The van der Waals surface area contributed by atoms with Crippen molar-refractivity contribution in [1.29, 1.82) is 5.26 Å². The summed E-state index contributed by atoms with van der Waals surface area (Å²) in [4.78, 5) is 47.2. The fourth-order valence-electron chi connectivity index (χ4n) is 3.40. The average molecular weight is 406 g/mol. The molecular weight excluding hydrogens is 388 g/mol. The van der Waals surface area contributed by atoms with E-state index in [2.05, 4.69) is 15.3 Å². The molecule has 0 radical (unpaired) electrons. The van der Waals surface area contributed by atoms with Crippen molar-refractivity contribution in [2.45, 2.75) is 18.4 Å². The van der Waals surface area contributed by atoms with Gasteiger partial charge in [-0.25, -0.2) is 4.98 Å². The van der Waals surface area contributed by atoms with E-state index in [1.54, 1.807) is 30.3 Å². The van der Waals surface area contributed by atoms with Gasteiger partial charge in [-0.2, -0.15) is 10.2 Å². The molecule has 2 fully saturated rings. The number of hydrogen-bond donors (Lipinski definition) is 2. The Morgan fingerprint density at radius 2 is 1.97 bits per heavy atom. The van der Waals surface area contributed by atoms with Crippen LogP contribution in [0.15, 0.2) is 36.5 Å². The number of rotatable bonds is 4. The molecule has 2 aliphatic rings. The van der Waals surface area contributed by atoms with Crippen LogP contribution in [0.25, 0.3) is 0 Å². The van der Waals surface area contributed by atoms with E-state index in [1.807, 2.05) is 0 Å². The van der Waals surface area contributed by atoms with Crippen molar-refractivity contribution in [3.8, 4) is 6.07 Å². The van der Waals surface area contributed by atoms with Crippen molar-refractivity contribution in [3.05, 3.63) is 42.1 Å². The zero-order chi connectivity index (χ0) is 21.3. The number of carbonyl (C=O) groups excluding carboxylic acids is 3. The number of amides is 2. The number of nitriles is 1. The minimum atomic E-state index is -2.03. The summed E-state index contributed by atoms with van der Waals surface area (Å²) < 4.78 is 0. The van der Waals surface area contributed by atoms with Crippen molar-refractivity contribution in [2.75, 3.05) is 29.9 Å². The van der Waals surface area contributed by atoms with Crippen LogP contribution < -0.4 is 10.2 Å². The first kappa shape index (κ1) is 19.5. The van der Waals surface area contributed by atoms with E-state index >= 15 is 0 Å². The third-order valence-electron chi connectivity index (χ3n) is 5.10. The van der Waals surface area contributed by atoms with Gasteiger partial charge in [0.25, 0.3) is 11.8 Å². The van der Waals surface area contributed by atoms with Gasteiger partial charge < -0.3 is 15.3 Å². The Labute approximate surface area is 171 Å². The Bertz CT molecular complexity index is 1060. The lowest BCUT2D eigenvalue weighted by molar-refractivity contribution is -0.128. The Kier molecular flexibility index (Phi) is 4.89. The maximum Gasteiger partial charge on any atom is 0.275 e. The van der Waals surface area contributed by atoms with Crippen molar-refractivity contribution >= 4 is 35.1 Å². The summed E-state index contributed by atoms with van der Waals surface area (Å²) in [5.74, 6) is -0.351. The quantitative estimate of drug-likeness (QED) is 0.705. The van der Waals surface area contributed by atoms with E-state index in [0.29, 0.717) is 24.2 Å². The first-order chi connectivity index (χ1) is 14.4. The van der Waals surface area contributed by atoms with Crippen molar-refractivity contribution in [1.82, 2.24) is 14.9 Å². The van der Waals surface area contributed by atoms with Gasteiger partial charge in [0, 0.05) is 43.4 Å². The van der Waals surface area contributed by atoms with Gasteiger partial charge in [0.1, 0.15) is 11.9 Å². The summed E-state index contributed by atoms with van der Waals surface area (Å²) in [5.41, 5.74) is -0.924. The molecule has 10 nitrogen and oxygen atoms in total. The van der Waals surface area contributed by atoms with Gasteiger partial charge in [-0.1, -0.05) is 0 Å². The van der Waals surface area contributed by atoms with Crippen LogP contribution in [-0.2, 0) is 9.59 Å². The molecule has 4 rings (SSSR count). The van der Waals surface area contributed by atoms with Crippen LogP contribution in [0.5, 0.6) is 0 Å². The number of likely N-dealkylation sites (tertiary alicyclic amines) is 1. The molecule has 2 saturated heterocycles. The first-order valence-electron chi connectivity index (χ1n) is 9.36. The van der Waals surface area contributed by atoms with Crippen LogP contribution in [-0.4, -0.2) is 62.8 Å². The zero-order valence-electron chi connectivity index (χ0n) is 15.9. The van der Waals surface area contributed by atoms with Crippen molar-refractivity contribution < 1.29 is 19.5 Å². The third-order valence-corrected chi connectivity index (χ3v) is 5.10. The molecule has 30 heavy (non-hydrogen) atoms. The predicted molar refractivity (Wildman–Crippen MR) is 105 cm³/mol. The molecule has 0 unspecified atom stereocenters. The second kappa shape index (κ2) is 7.53. The minimum absolute atomic E-state index is 0.00715. The molecule has 10 heteroatoms. The maximum absolute atomic E-state index is 12.4. The normalized spacial score (nSPS) is 21.1. The SMILES string of the molecule is N#C[C@@]1(O)CCN(c2ccnc(Nc3ccc(C(=O)N4CCC(=O)C4)cc3)n2)C1=O. The summed E-state index contributed by atoms with van der Waals surface area (Å²) in [6, 6.07) is 9.83. The summed E-state index contributed by atoms with van der Waals surface area (Å²) in [6.07, 6.45) is 1.86. The van der Waals surface area contributed by atoms with E-state index in [0.717, 1.165) is 0 Å². The van der Waals surface area contributed by atoms with Gasteiger partial charge in [0.05, 0.1) is 6.54 Å². The molecule has 2 aliphatic heterocycles. The van der Waals surface area contributed by atoms with Gasteiger partial charge >= 0.3 is 0 Å². The molecule has 0 saturated carbocycles. The van der Waals surface area contributed by atoms with E-state index in [9.17, 15) is 19.5 Å². The van der Waals surface area contributed by atoms with Gasteiger partial charge in [-0.05, 0) is 30.3 Å². The predicted octanol–water partition coefficient (Wildman–Crippen LogP) is 0.627. The number of nitrogens with zero attached hydrogens (tertiary/aromatic N) is 5. The van der Waals surface area contributed by atoms with Crippen LogP contribution in [0.4, 0.5) is 17.5 Å². The van der Waals surface area contributed by atoms with Gasteiger partial charge in [-0.15, -0.1) is 0 Å². The molecule has 1 aromatic carbocycles. The van der Waals surface area contributed by atoms with Crippen LogP contribution in [0.3, 0.4) is 0 Å². The number of anilines is 3. The van der Waals surface area contributed by atoms with E-state index < -0.39 is 11.5 Å². The summed E-state index contributed by atoms with van der Waals surface area (Å²) >= 11 is 0. The molecule has 1 aromatic heterocycles. The van der Waals surface area contributed by atoms with Crippen molar-refractivity contribution in [3.63, 3.8) is 0 Å². The molecule has 2 N–H and O–H groups in total. The van der Waals surface area contributed by atoms with Crippen LogP contribution >= 0.6 is 0 Å². The second-order valence-electron chi connectivity index (χ2n) is 7.14. The van der Waals surface area contributed by atoms with E-state index in [4.69, 9.17) is 5.26 Å². The number of Topliss-reactive ketones (excluding diaryl/α,β-unsaturated/α-hetero) is 1. The topological polar surface area (TPSA) is 140 Å². The molecule has 2 aromatic rings. The smallest absolute Gasteiger partial charge is 0.275 e.